The number of halogens is 7. The molecule has 4 rings (SSSR count). The summed E-state index contributed by atoms with van der Waals surface area (Å²) < 4.78 is 84.7. The Hall–Kier alpha value is -3.26. The average Bonchev–Trinajstić information content (AvgIpc) is 3.33. The molecule has 166 valence electrons. The standard InChI is InChI=1S/C20H11ClF6N4O/c21-17-12(2-1-3-13(17)19(22,23)24)18-29-15(30-32-18)9-31-7-6-11-14(31)5-4-10(8-28)16(11)20(25,26)27/h1-5H,6-7,9H2. The van der Waals surface area contributed by atoms with Crippen molar-refractivity contribution in [3.05, 3.63) is 63.4 Å². The molecule has 0 saturated carbocycles. The lowest BCUT2D eigenvalue weighted by atomic mass is 9.99. The SMILES string of the molecule is N#Cc1ccc2c(c1C(F)(F)F)CCN2Cc1noc(-c2cccc(C(F)(F)F)c2Cl)n1. The van der Waals surface area contributed by atoms with E-state index >= 15 is 0 Å². The maximum absolute atomic E-state index is 13.5. The zero-order valence-electron chi connectivity index (χ0n) is 15.9. The lowest BCUT2D eigenvalue weighted by molar-refractivity contribution is -0.138. The summed E-state index contributed by atoms with van der Waals surface area (Å²) in [5, 5.41) is 12.2. The molecule has 1 aliphatic rings. The number of rotatable bonds is 3. The average molecular weight is 473 g/mol. The van der Waals surface area contributed by atoms with Crippen LogP contribution in [0, 0.1) is 11.3 Å². The van der Waals surface area contributed by atoms with E-state index in [0.717, 1.165) is 18.2 Å². The van der Waals surface area contributed by atoms with Gasteiger partial charge in [-0.3, -0.25) is 0 Å². The first-order valence-electron chi connectivity index (χ1n) is 9.07. The fraction of sp³-hybridized carbons (Fsp3) is 0.250. The molecule has 0 bridgehead atoms. The van der Waals surface area contributed by atoms with Gasteiger partial charge < -0.3 is 9.42 Å². The van der Waals surface area contributed by atoms with E-state index in [1.165, 1.54) is 12.1 Å². The van der Waals surface area contributed by atoms with Gasteiger partial charge in [0, 0.05) is 12.2 Å². The maximum atomic E-state index is 13.5. The highest BCUT2D eigenvalue weighted by molar-refractivity contribution is 6.34. The van der Waals surface area contributed by atoms with Crippen LogP contribution in [0.4, 0.5) is 32.0 Å². The van der Waals surface area contributed by atoms with Crippen molar-refractivity contribution in [2.45, 2.75) is 25.3 Å². The van der Waals surface area contributed by atoms with E-state index in [1.807, 2.05) is 0 Å². The molecular formula is C20H11ClF6N4O. The van der Waals surface area contributed by atoms with Crippen LogP contribution in [0.2, 0.25) is 5.02 Å². The number of fused-ring (bicyclic) bond motifs is 1. The normalized spacial score (nSPS) is 13.9. The van der Waals surface area contributed by atoms with Gasteiger partial charge in [-0.1, -0.05) is 22.8 Å². The van der Waals surface area contributed by atoms with E-state index < -0.39 is 34.1 Å². The minimum Gasteiger partial charge on any atom is -0.363 e. The molecule has 0 spiro atoms. The number of hydrogen-bond acceptors (Lipinski definition) is 5. The van der Waals surface area contributed by atoms with Gasteiger partial charge in [-0.2, -0.15) is 36.6 Å². The van der Waals surface area contributed by atoms with Gasteiger partial charge >= 0.3 is 12.4 Å². The molecule has 0 atom stereocenters. The molecule has 1 aromatic heterocycles. The second kappa shape index (κ2) is 7.70. The number of anilines is 1. The summed E-state index contributed by atoms with van der Waals surface area (Å²) in [6.45, 7) is 0.164. The number of nitriles is 1. The molecule has 2 aromatic carbocycles. The summed E-state index contributed by atoms with van der Waals surface area (Å²) in [7, 11) is 0. The van der Waals surface area contributed by atoms with Gasteiger partial charge in [0.2, 0.25) is 0 Å². The molecule has 12 heteroatoms. The van der Waals surface area contributed by atoms with Crippen LogP contribution in [0.1, 0.15) is 28.1 Å². The minimum absolute atomic E-state index is 0.00110. The van der Waals surface area contributed by atoms with Gasteiger partial charge in [0.1, 0.15) is 0 Å². The Kier molecular flexibility index (Phi) is 5.29. The van der Waals surface area contributed by atoms with E-state index in [2.05, 4.69) is 10.1 Å². The monoisotopic (exact) mass is 472 g/mol. The third-order valence-electron chi connectivity index (χ3n) is 5.00. The topological polar surface area (TPSA) is 66.0 Å². The van der Waals surface area contributed by atoms with E-state index in [9.17, 15) is 26.3 Å². The maximum Gasteiger partial charge on any atom is 0.418 e. The first kappa shape index (κ1) is 22.0. The fourth-order valence-corrected chi connectivity index (χ4v) is 3.96. The van der Waals surface area contributed by atoms with Crippen LogP contribution in [-0.4, -0.2) is 16.7 Å². The highest BCUT2D eigenvalue weighted by atomic mass is 35.5. The number of hydrogen-bond donors (Lipinski definition) is 0. The number of nitrogens with zero attached hydrogens (tertiary/aromatic N) is 4. The van der Waals surface area contributed by atoms with E-state index in [0.29, 0.717) is 0 Å². The van der Waals surface area contributed by atoms with Crippen molar-refractivity contribution >= 4 is 17.3 Å². The number of aromatic nitrogens is 2. The molecule has 0 radical (unpaired) electrons. The summed E-state index contributed by atoms with van der Waals surface area (Å²) in [6, 6.07) is 7.34. The second-order valence-corrected chi connectivity index (χ2v) is 7.33. The lowest BCUT2D eigenvalue weighted by Crippen LogP contribution is -2.20. The van der Waals surface area contributed by atoms with E-state index in [-0.39, 0.29) is 48.0 Å². The molecule has 0 fully saturated rings. The number of benzene rings is 2. The largest absolute Gasteiger partial charge is 0.418 e. The molecule has 1 aliphatic heterocycles. The number of alkyl halides is 6. The van der Waals surface area contributed by atoms with Gasteiger partial charge in [0.25, 0.3) is 5.89 Å². The quantitative estimate of drug-likeness (QED) is 0.447. The van der Waals surface area contributed by atoms with Crippen LogP contribution >= 0.6 is 11.6 Å². The second-order valence-electron chi connectivity index (χ2n) is 6.95. The Balaban J connectivity index is 1.63. The molecule has 5 nitrogen and oxygen atoms in total. The molecule has 0 aliphatic carbocycles. The Morgan fingerprint density at radius 1 is 1.09 bits per heavy atom. The van der Waals surface area contributed by atoms with Crippen LogP contribution in [0.15, 0.2) is 34.9 Å². The van der Waals surface area contributed by atoms with Gasteiger partial charge in [0.05, 0.1) is 39.9 Å². The van der Waals surface area contributed by atoms with Crippen molar-refractivity contribution in [3.8, 4) is 17.5 Å². The Labute approximate surface area is 181 Å². The minimum atomic E-state index is -4.69. The zero-order valence-corrected chi connectivity index (χ0v) is 16.6. The first-order chi connectivity index (χ1) is 15.0. The summed E-state index contributed by atoms with van der Waals surface area (Å²) in [4.78, 5) is 5.64. The van der Waals surface area contributed by atoms with Gasteiger partial charge in [0.15, 0.2) is 5.82 Å². The van der Waals surface area contributed by atoms with E-state index in [1.54, 1.807) is 11.0 Å². The molecule has 3 aromatic rings. The molecule has 2 heterocycles. The lowest BCUT2D eigenvalue weighted by Gasteiger charge is -2.19. The Morgan fingerprint density at radius 3 is 2.50 bits per heavy atom. The van der Waals surface area contributed by atoms with Crippen molar-refractivity contribution in [3.63, 3.8) is 0 Å². The highest BCUT2D eigenvalue weighted by Crippen LogP contribution is 2.42. The van der Waals surface area contributed by atoms with Crippen molar-refractivity contribution in [2.75, 3.05) is 11.4 Å². The van der Waals surface area contributed by atoms with Crippen molar-refractivity contribution in [1.29, 1.82) is 5.26 Å². The van der Waals surface area contributed by atoms with Crippen LogP contribution in [0.3, 0.4) is 0 Å². The summed E-state index contributed by atoms with van der Waals surface area (Å²) >= 11 is 5.87. The third kappa shape index (κ3) is 3.86. The van der Waals surface area contributed by atoms with Gasteiger partial charge in [-0.25, -0.2) is 0 Å². The van der Waals surface area contributed by atoms with Crippen molar-refractivity contribution in [2.24, 2.45) is 0 Å². The highest BCUT2D eigenvalue weighted by Gasteiger charge is 2.40. The molecule has 0 saturated heterocycles. The molecular weight excluding hydrogens is 462 g/mol. The molecule has 0 N–H and O–H groups in total. The molecule has 0 unspecified atom stereocenters. The fourth-order valence-electron chi connectivity index (χ4n) is 3.65. The Morgan fingerprint density at radius 2 is 1.84 bits per heavy atom. The van der Waals surface area contributed by atoms with Crippen molar-refractivity contribution in [1.82, 2.24) is 10.1 Å². The zero-order chi connectivity index (χ0) is 23.3. The first-order valence-corrected chi connectivity index (χ1v) is 9.45. The van der Waals surface area contributed by atoms with Gasteiger partial charge in [-0.15, -0.1) is 0 Å². The summed E-state index contributed by atoms with van der Waals surface area (Å²) in [5.74, 6) is -0.189. The summed E-state index contributed by atoms with van der Waals surface area (Å²) in [5.41, 5.74) is -2.32. The molecule has 0 amide bonds. The predicted octanol–water partition coefficient (Wildman–Crippen LogP) is 5.86. The van der Waals surface area contributed by atoms with Crippen LogP contribution < -0.4 is 4.90 Å². The smallest absolute Gasteiger partial charge is 0.363 e. The predicted molar refractivity (Wildman–Crippen MR) is 101 cm³/mol. The van der Waals surface area contributed by atoms with E-state index in [4.69, 9.17) is 21.4 Å². The van der Waals surface area contributed by atoms with Crippen LogP contribution in [0.25, 0.3) is 11.5 Å². The van der Waals surface area contributed by atoms with Crippen molar-refractivity contribution < 1.29 is 30.9 Å². The van der Waals surface area contributed by atoms with Crippen LogP contribution in [-0.2, 0) is 25.3 Å². The van der Waals surface area contributed by atoms with Gasteiger partial charge in [-0.05, 0) is 36.2 Å². The van der Waals surface area contributed by atoms with Crippen LogP contribution in [0.5, 0.6) is 0 Å². The Bertz CT molecular complexity index is 1230. The third-order valence-corrected chi connectivity index (χ3v) is 5.41. The summed E-state index contributed by atoms with van der Waals surface area (Å²) in [6.07, 6.45) is -9.30. The molecule has 32 heavy (non-hydrogen) atoms.